The molecule has 0 spiro atoms. The van der Waals surface area contributed by atoms with Gasteiger partial charge >= 0.3 is 5.97 Å². The molecule has 2 rings (SSSR count). The zero-order valence-corrected chi connectivity index (χ0v) is 17.7. The minimum atomic E-state index is -0.721. The van der Waals surface area contributed by atoms with Gasteiger partial charge in [0.2, 0.25) is 5.88 Å². The van der Waals surface area contributed by atoms with Gasteiger partial charge in [0, 0.05) is 0 Å². The minimum Gasteiger partial charge on any atom is -0.492 e. The van der Waals surface area contributed by atoms with E-state index in [-0.39, 0.29) is 23.6 Å². The monoisotopic (exact) mass is 484 g/mol. The van der Waals surface area contributed by atoms with E-state index in [1.165, 1.54) is 0 Å². The lowest BCUT2D eigenvalue weighted by molar-refractivity contribution is -0.139. The van der Waals surface area contributed by atoms with Crippen molar-refractivity contribution in [1.29, 1.82) is 5.26 Å². The van der Waals surface area contributed by atoms with E-state index < -0.39 is 11.9 Å². The van der Waals surface area contributed by atoms with Gasteiger partial charge in [0.05, 0.1) is 35.4 Å². The Hall–Kier alpha value is -2.41. The van der Waals surface area contributed by atoms with Crippen molar-refractivity contribution in [3.8, 4) is 17.6 Å². The van der Waals surface area contributed by atoms with Crippen molar-refractivity contribution in [3.63, 3.8) is 0 Å². The highest BCUT2D eigenvalue weighted by atomic mass is 127. The maximum Gasteiger partial charge on any atom is 0.338 e. The molecule has 0 aliphatic carbocycles. The van der Waals surface area contributed by atoms with Gasteiger partial charge in [-0.05, 0) is 61.1 Å². The second-order valence-electron chi connectivity index (χ2n) is 5.58. The van der Waals surface area contributed by atoms with Crippen LogP contribution in [0.4, 0.5) is 0 Å². The normalized spacial score (nSPS) is 16.5. The van der Waals surface area contributed by atoms with Crippen molar-refractivity contribution in [3.05, 3.63) is 44.1 Å². The molecule has 1 aliphatic heterocycles. The molecule has 7 nitrogen and oxygen atoms in total. The van der Waals surface area contributed by atoms with E-state index in [0.717, 1.165) is 3.57 Å². The molecular weight excluding hydrogens is 463 g/mol. The average Bonchev–Trinajstić information content (AvgIpc) is 2.61. The first-order valence-electron chi connectivity index (χ1n) is 8.35. The van der Waals surface area contributed by atoms with Crippen LogP contribution in [0.25, 0.3) is 0 Å². The Morgan fingerprint density at radius 2 is 2.07 bits per heavy atom. The zero-order chi connectivity index (χ0) is 20.1. The summed E-state index contributed by atoms with van der Waals surface area (Å²) in [6.45, 7) is 5.84. The highest BCUT2D eigenvalue weighted by molar-refractivity contribution is 14.1. The Kier molecular flexibility index (Phi) is 6.96. The van der Waals surface area contributed by atoms with E-state index in [9.17, 15) is 10.1 Å². The van der Waals surface area contributed by atoms with E-state index in [1.807, 2.05) is 13.0 Å². The van der Waals surface area contributed by atoms with Gasteiger partial charge in [-0.3, -0.25) is 0 Å². The van der Waals surface area contributed by atoms with Crippen LogP contribution in [-0.2, 0) is 14.3 Å². The third kappa shape index (κ3) is 4.13. The van der Waals surface area contributed by atoms with Crippen molar-refractivity contribution in [2.24, 2.45) is 5.73 Å². The topological polar surface area (TPSA) is 104 Å². The first-order valence-corrected chi connectivity index (χ1v) is 9.43. The van der Waals surface area contributed by atoms with E-state index in [4.69, 9.17) is 24.7 Å². The largest absolute Gasteiger partial charge is 0.492 e. The van der Waals surface area contributed by atoms with Crippen LogP contribution in [0.2, 0.25) is 0 Å². The number of nitriles is 1. The number of nitrogens with zero attached hydrogens (tertiary/aromatic N) is 1. The maximum absolute atomic E-state index is 12.6. The predicted molar refractivity (Wildman–Crippen MR) is 107 cm³/mol. The highest BCUT2D eigenvalue weighted by Gasteiger charge is 2.37. The summed E-state index contributed by atoms with van der Waals surface area (Å²) in [7, 11) is 1.56. The van der Waals surface area contributed by atoms with Crippen LogP contribution in [0.15, 0.2) is 34.9 Å². The molecule has 1 atom stereocenters. The van der Waals surface area contributed by atoms with Crippen molar-refractivity contribution in [2.45, 2.75) is 26.7 Å². The van der Waals surface area contributed by atoms with Crippen molar-refractivity contribution in [2.75, 3.05) is 20.3 Å². The fourth-order valence-electron chi connectivity index (χ4n) is 2.90. The van der Waals surface area contributed by atoms with Gasteiger partial charge < -0.3 is 24.7 Å². The van der Waals surface area contributed by atoms with E-state index >= 15 is 0 Å². The van der Waals surface area contributed by atoms with Gasteiger partial charge in [-0.15, -0.1) is 0 Å². The highest BCUT2D eigenvalue weighted by Crippen LogP contribution is 2.43. The van der Waals surface area contributed by atoms with Crippen LogP contribution in [-0.4, -0.2) is 26.3 Å². The number of hydrogen-bond acceptors (Lipinski definition) is 7. The molecule has 0 fully saturated rings. The Morgan fingerprint density at radius 1 is 1.37 bits per heavy atom. The van der Waals surface area contributed by atoms with E-state index in [1.54, 1.807) is 27.0 Å². The molecule has 144 valence electrons. The van der Waals surface area contributed by atoms with E-state index in [0.29, 0.717) is 29.4 Å². The quantitative estimate of drug-likeness (QED) is 0.488. The SMILES string of the molecule is CCOC(=O)C1=C(C)OC(N)=C(C#N)C1c1cc(I)c(OC)c(OCC)c1. The number of benzene rings is 1. The molecule has 0 saturated heterocycles. The molecule has 0 bridgehead atoms. The number of hydrogen-bond donors (Lipinski definition) is 1. The van der Waals surface area contributed by atoms with Gasteiger partial charge in [-0.1, -0.05) is 0 Å². The van der Waals surface area contributed by atoms with E-state index in [2.05, 4.69) is 28.7 Å². The summed E-state index contributed by atoms with van der Waals surface area (Å²) in [5.74, 6) is 0.105. The Bertz CT molecular complexity index is 854. The molecule has 0 radical (unpaired) electrons. The molecule has 1 unspecified atom stereocenters. The van der Waals surface area contributed by atoms with Crippen LogP contribution < -0.4 is 15.2 Å². The fourth-order valence-corrected chi connectivity index (χ4v) is 3.75. The second-order valence-corrected chi connectivity index (χ2v) is 6.74. The number of carbonyl (C=O) groups is 1. The lowest BCUT2D eigenvalue weighted by Crippen LogP contribution is -2.25. The third-order valence-corrected chi connectivity index (χ3v) is 4.77. The molecule has 1 heterocycles. The van der Waals surface area contributed by atoms with Crippen LogP contribution in [0.5, 0.6) is 11.5 Å². The van der Waals surface area contributed by atoms with Crippen molar-refractivity contribution < 1.29 is 23.7 Å². The summed E-state index contributed by atoms with van der Waals surface area (Å²) in [6, 6.07) is 5.64. The Morgan fingerprint density at radius 3 is 2.63 bits per heavy atom. The number of nitrogens with two attached hydrogens (primary N) is 1. The van der Waals surface area contributed by atoms with Crippen LogP contribution in [0.3, 0.4) is 0 Å². The van der Waals surface area contributed by atoms with Gasteiger partial charge in [0.15, 0.2) is 11.5 Å². The Labute approximate surface area is 171 Å². The summed E-state index contributed by atoms with van der Waals surface area (Å²) in [5.41, 5.74) is 6.97. The average molecular weight is 484 g/mol. The molecule has 0 saturated carbocycles. The molecule has 2 N–H and O–H groups in total. The molecule has 0 aromatic heterocycles. The second kappa shape index (κ2) is 8.99. The number of halogens is 1. The third-order valence-electron chi connectivity index (χ3n) is 3.97. The number of rotatable bonds is 6. The molecule has 1 aromatic carbocycles. The first kappa shape index (κ1) is 20.9. The van der Waals surface area contributed by atoms with Gasteiger partial charge in [0.25, 0.3) is 0 Å². The number of allylic oxidation sites excluding steroid dienone is 2. The van der Waals surface area contributed by atoms with Crippen LogP contribution in [0, 0.1) is 14.9 Å². The van der Waals surface area contributed by atoms with Gasteiger partial charge in [-0.25, -0.2) is 4.79 Å². The zero-order valence-electron chi connectivity index (χ0n) is 15.6. The molecule has 1 aliphatic rings. The summed E-state index contributed by atoms with van der Waals surface area (Å²) in [6.07, 6.45) is 0. The number of carbonyl (C=O) groups excluding carboxylic acids is 1. The van der Waals surface area contributed by atoms with Crippen LogP contribution >= 0.6 is 22.6 Å². The van der Waals surface area contributed by atoms with Gasteiger partial charge in [0.1, 0.15) is 17.4 Å². The number of esters is 1. The van der Waals surface area contributed by atoms with Crippen LogP contribution in [0.1, 0.15) is 32.3 Å². The smallest absolute Gasteiger partial charge is 0.338 e. The lowest BCUT2D eigenvalue weighted by atomic mass is 9.83. The molecule has 1 aromatic rings. The molecule has 0 amide bonds. The van der Waals surface area contributed by atoms with Gasteiger partial charge in [-0.2, -0.15) is 5.26 Å². The first-order chi connectivity index (χ1) is 12.9. The standard InChI is InChI=1S/C19H21IN2O5/c1-5-25-14-8-11(7-13(20)17(14)24-4)16-12(9-21)18(22)27-10(3)15(16)19(23)26-6-2/h7-8,16H,5-6,22H2,1-4H3. The lowest BCUT2D eigenvalue weighted by Gasteiger charge is -2.27. The minimum absolute atomic E-state index is 0.0307. The number of ether oxygens (including phenoxy) is 4. The molecule has 27 heavy (non-hydrogen) atoms. The summed E-state index contributed by atoms with van der Waals surface area (Å²) < 4.78 is 22.5. The summed E-state index contributed by atoms with van der Waals surface area (Å²) in [4.78, 5) is 12.6. The fraction of sp³-hybridized carbons (Fsp3) is 0.368. The predicted octanol–water partition coefficient (Wildman–Crippen LogP) is 3.34. The van der Waals surface area contributed by atoms with Crippen molar-refractivity contribution in [1.82, 2.24) is 0 Å². The molecular formula is C19H21IN2O5. The summed E-state index contributed by atoms with van der Waals surface area (Å²) >= 11 is 2.12. The maximum atomic E-state index is 12.6. The van der Waals surface area contributed by atoms with Crippen molar-refractivity contribution >= 4 is 28.6 Å². The number of methoxy groups -OCH3 is 1. The summed E-state index contributed by atoms with van der Waals surface area (Å²) in [5, 5.41) is 9.65. The molecule has 8 heteroatoms. The Balaban J connectivity index is 2.71.